The third kappa shape index (κ3) is 6.16. The first kappa shape index (κ1) is 24.8. The number of methoxy groups -OCH3 is 2. The molecule has 1 heterocycles. The Morgan fingerprint density at radius 1 is 1.03 bits per heavy atom. The average Bonchev–Trinajstić information content (AvgIpc) is 3.25. The number of fused-ring (bicyclic) bond motifs is 1. The van der Waals surface area contributed by atoms with E-state index in [4.69, 9.17) is 20.9 Å². The van der Waals surface area contributed by atoms with Crippen LogP contribution in [0, 0.1) is 0 Å². The molecule has 0 radical (unpaired) electrons. The number of thiophene rings is 1. The monoisotopic (exact) mass is 485 g/mol. The van der Waals surface area contributed by atoms with Gasteiger partial charge in [0.25, 0.3) is 0 Å². The Morgan fingerprint density at radius 3 is 2.50 bits per heavy atom. The number of benzene rings is 2. The van der Waals surface area contributed by atoms with Gasteiger partial charge in [0.2, 0.25) is 5.91 Å². The molecule has 5 N–H and O–H groups in total. The van der Waals surface area contributed by atoms with Gasteiger partial charge in [-0.3, -0.25) is 14.4 Å². The van der Waals surface area contributed by atoms with Gasteiger partial charge in [0.05, 0.1) is 43.5 Å². The summed E-state index contributed by atoms with van der Waals surface area (Å²) >= 11 is 1.35. The molecular weight excluding hydrogens is 458 g/mol. The standard InChI is InChI=1S/C24H27N3O6S/c1-31-19-13-21-15(12-22(34-21)18(28)6-7-23(29)32-2)11-20(19)33-9-3-8-27-17-5-4-14(24(26)30)10-16(17)25/h4-5,10-13,27H,3,6-9,25H2,1-2H3,(H2,26,30). The van der Waals surface area contributed by atoms with Gasteiger partial charge in [-0.15, -0.1) is 11.3 Å². The molecule has 1 amide bonds. The fraction of sp³-hybridized carbons (Fsp3) is 0.292. The van der Waals surface area contributed by atoms with E-state index in [9.17, 15) is 14.4 Å². The van der Waals surface area contributed by atoms with Gasteiger partial charge in [-0.1, -0.05) is 0 Å². The number of hydrogen-bond acceptors (Lipinski definition) is 9. The maximum atomic E-state index is 12.4. The lowest BCUT2D eigenvalue weighted by Crippen LogP contribution is -2.13. The second kappa shape index (κ2) is 11.4. The van der Waals surface area contributed by atoms with Gasteiger partial charge in [-0.2, -0.15) is 0 Å². The van der Waals surface area contributed by atoms with Crippen molar-refractivity contribution in [2.75, 3.05) is 38.4 Å². The van der Waals surface area contributed by atoms with Gasteiger partial charge >= 0.3 is 5.97 Å². The Balaban J connectivity index is 1.58. The molecule has 0 atom stereocenters. The molecule has 0 fully saturated rings. The zero-order chi connectivity index (χ0) is 24.7. The summed E-state index contributed by atoms with van der Waals surface area (Å²) in [6.07, 6.45) is 0.831. The summed E-state index contributed by atoms with van der Waals surface area (Å²) in [7, 11) is 2.86. The van der Waals surface area contributed by atoms with Crippen molar-refractivity contribution in [2.45, 2.75) is 19.3 Å². The highest BCUT2D eigenvalue weighted by atomic mass is 32.1. The van der Waals surface area contributed by atoms with E-state index in [0.29, 0.717) is 52.9 Å². The Kier molecular flexibility index (Phi) is 8.31. The van der Waals surface area contributed by atoms with Gasteiger partial charge in [0, 0.05) is 29.3 Å². The molecular formula is C24H27N3O6S. The van der Waals surface area contributed by atoms with Crippen LogP contribution in [0.5, 0.6) is 11.5 Å². The van der Waals surface area contributed by atoms with Crippen molar-refractivity contribution in [1.29, 1.82) is 0 Å². The van der Waals surface area contributed by atoms with Crippen molar-refractivity contribution >= 4 is 50.5 Å². The Hall–Kier alpha value is -3.79. The molecule has 0 spiro atoms. The molecule has 180 valence electrons. The topological polar surface area (TPSA) is 143 Å². The predicted molar refractivity (Wildman–Crippen MR) is 132 cm³/mol. The maximum absolute atomic E-state index is 12.4. The number of nitrogens with two attached hydrogens (primary N) is 2. The fourth-order valence-electron chi connectivity index (χ4n) is 3.25. The van der Waals surface area contributed by atoms with Gasteiger partial charge in [-0.25, -0.2) is 0 Å². The van der Waals surface area contributed by atoms with E-state index in [1.54, 1.807) is 25.3 Å². The molecule has 0 bridgehead atoms. The molecule has 3 rings (SSSR count). The maximum Gasteiger partial charge on any atom is 0.305 e. The first-order chi connectivity index (χ1) is 16.3. The third-order valence-electron chi connectivity index (χ3n) is 5.09. The largest absolute Gasteiger partial charge is 0.493 e. The lowest BCUT2D eigenvalue weighted by molar-refractivity contribution is -0.140. The van der Waals surface area contributed by atoms with Crippen LogP contribution in [0.1, 0.15) is 39.3 Å². The number of rotatable bonds is 12. The second-order valence-corrected chi connectivity index (χ2v) is 8.53. The summed E-state index contributed by atoms with van der Waals surface area (Å²) in [4.78, 5) is 35.5. The third-order valence-corrected chi connectivity index (χ3v) is 6.23. The van der Waals surface area contributed by atoms with Gasteiger partial charge in [0.1, 0.15) is 0 Å². The summed E-state index contributed by atoms with van der Waals surface area (Å²) in [6, 6.07) is 10.4. The van der Waals surface area contributed by atoms with Gasteiger partial charge in [0.15, 0.2) is 17.3 Å². The second-order valence-electron chi connectivity index (χ2n) is 7.45. The van der Waals surface area contributed by atoms with Crippen LogP contribution in [0.25, 0.3) is 10.1 Å². The number of esters is 1. The van der Waals surface area contributed by atoms with Crippen LogP contribution in [0.4, 0.5) is 11.4 Å². The van der Waals surface area contributed by atoms with E-state index in [-0.39, 0.29) is 18.6 Å². The Labute approximate surface area is 201 Å². The van der Waals surface area contributed by atoms with E-state index in [1.807, 2.05) is 12.1 Å². The highest BCUT2D eigenvalue weighted by Crippen LogP contribution is 2.37. The minimum atomic E-state index is -0.527. The van der Waals surface area contributed by atoms with E-state index in [0.717, 1.165) is 10.1 Å². The zero-order valence-corrected chi connectivity index (χ0v) is 19.8. The van der Waals surface area contributed by atoms with Crippen LogP contribution in [0.15, 0.2) is 36.4 Å². The van der Waals surface area contributed by atoms with Crippen molar-refractivity contribution in [3.63, 3.8) is 0 Å². The first-order valence-corrected chi connectivity index (χ1v) is 11.4. The number of hydrogen-bond donors (Lipinski definition) is 3. The number of ketones is 1. The van der Waals surface area contributed by atoms with Gasteiger partial charge in [-0.05, 0) is 42.1 Å². The number of amides is 1. The highest BCUT2D eigenvalue weighted by molar-refractivity contribution is 7.20. The minimum absolute atomic E-state index is 0.0518. The van der Waals surface area contributed by atoms with Crippen molar-refractivity contribution in [1.82, 2.24) is 0 Å². The zero-order valence-electron chi connectivity index (χ0n) is 19.0. The van der Waals surface area contributed by atoms with Crippen LogP contribution in [-0.4, -0.2) is 45.0 Å². The molecule has 0 aliphatic carbocycles. The molecule has 3 aromatic rings. The number of nitrogens with one attached hydrogen (secondary N) is 1. The van der Waals surface area contributed by atoms with Crippen LogP contribution in [-0.2, 0) is 9.53 Å². The molecule has 2 aromatic carbocycles. The SMILES string of the molecule is COC(=O)CCC(=O)c1cc2cc(OCCCNc3ccc(C(N)=O)cc3N)c(OC)cc2s1. The summed E-state index contributed by atoms with van der Waals surface area (Å²) in [5, 5.41) is 4.07. The number of anilines is 2. The summed E-state index contributed by atoms with van der Waals surface area (Å²) in [5.41, 5.74) is 12.7. The van der Waals surface area contributed by atoms with E-state index in [2.05, 4.69) is 10.1 Å². The van der Waals surface area contributed by atoms with E-state index in [1.165, 1.54) is 24.5 Å². The number of ether oxygens (including phenoxy) is 3. The average molecular weight is 486 g/mol. The predicted octanol–water partition coefficient (Wildman–Crippen LogP) is 3.61. The van der Waals surface area contributed by atoms with E-state index >= 15 is 0 Å². The summed E-state index contributed by atoms with van der Waals surface area (Å²) in [6.45, 7) is 1.02. The molecule has 9 nitrogen and oxygen atoms in total. The smallest absolute Gasteiger partial charge is 0.305 e. The minimum Gasteiger partial charge on any atom is -0.493 e. The van der Waals surface area contributed by atoms with Crippen molar-refractivity contribution < 1.29 is 28.6 Å². The molecule has 0 unspecified atom stereocenters. The van der Waals surface area contributed by atoms with E-state index < -0.39 is 11.9 Å². The molecule has 0 saturated heterocycles. The Morgan fingerprint density at radius 2 is 1.82 bits per heavy atom. The van der Waals surface area contributed by atoms with Crippen LogP contribution in [0.2, 0.25) is 0 Å². The first-order valence-electron chi connectivity index (χ1n) is 10.6. The molecule has 34 heavy (non-hydrogen) atoms. The summed E-state index contributed by atoms with van der Waals surface area (Å²) < 4.78 is 16.9. The number of nitrogen functional groups attached to an aromatic ring is 1. The molecule has 1 aromatic heterocycles. The van der Waals surface area contributed by atoms with Crippen molar-refractivity contribution in [3.05, 3.63) is 46.8 Å². The number of carbonyl (C=O) groups excluding carboxylic acids is 3. The van der Waals surface area contributed by atoms with Crippen LogP contribution in [0.3, 0.4) is 0 Å². The Bertz CT molecular complexity index is 1210. The lowest BCUT2D eigenvalue weighted by Gasteiger charge is -2.12. The molecule has 10 heteroatoms. The summed E-state index contributed by atoms with van der Waals surface area (Å²) in [5.74, 6) is 0.101. The molecule has 0 saturated carbocycles. The number of primary amides is 1. The van der Waals surface area contributed by atoms with Crippen molar-refractivity contribution in [2.24, 2.45) is 5.73 Å². The molecule has 0 aliphatic heterocycles. The van der Waals surface area contributed by atoms with Crippen molar-refractivity contribution in [3.8, 4) is 11.5 Å². The lowest BCUT2D eigenvalue weighted by atomic mass is 10.1. The molecule has 0 aliphatic rings. The highest BCUT2D eigenvalue weighted by Gasteiger charge is 2.15. The normalized spacial score (nSPS) is 10.6. The quantitative estimate of drug-likeness (QED) is 0.153. The van der Waals surface area contributed by atoms with Crippen LogP contribution < -0.4 is 26.3 Å². The van der Waals surface area contributed by atoms with Crippen LogP contribution >= 0.6 is 11.3 Å². The fourth-order valence-corrected chi connectivity index (χ4v) is 4.29. The number of Topliss-reactive ketones (excluding diaryl/α,β-unsaturated/α-hetero) is 1. The number of carbonyl (C=O) groups is 3. The van der Waals surface area contributed by atoms with Gasteiger partial charge < -0.3 is 31.0 Å².